The lowest BCUT2D eigenvalue weighted by Crippen LogP contribution is -2.25. The Morgan fingerprint density at radius 2 is 0.265 bits per heavy atom. The van der Waals surface area contributed by atoms with E-state index in [1.807, 2.05) is 0 Å². The molecule has 0 aromatic heterocycles. The number of rotatable bonds is 23. The van der Waals surface area contributed by atoms with Crippen molar-refractivity contribution in [3.8, 4) is 133 Å². The van der Waals surface area contributed by atoms with Crippen molar-refractivity contribution in [3.05, 3.63) is 65.4 Å². The third kappa shape index (κ3) is 63.7. The Labute approximate surface area is 679 Å². The van der Waals surface area contributed by atoms with Crippen LogP contribution in [0.2, 0.25) is 258 Å². The van der Waals surface area contributed by atoms with E-state index in [-0.39, 0.29) is 0 Å². The Hall–Kier alpha value is -1.20. The predicted molar refractivity (Wildman–Crippen MR) is 518 cm³/mol. The molecule has 0 saturated carbocycles. The molecule has 0 fully saturated rings. The van der Waals surface area contributed by atoms with Gasteiger partial charge in [-0.2, -0.15) is 0 Å². The molecule has 0 aliphatic rings. The van der Waals surface area contributed by atoms with E-state index in [1.165, 1.54) is 28.9 Å². The van der Waals surface area contributed by atoms with E-state index < -0.39 is 107 Å². The SMILES string of the molecule is C[Si](C)(C)C#C[Si]C(=CC(C=C([Si]C#C[Si](C)(C)C)[Si]C#C[Si](C)(C)C)(C=C([Si]C#C[Si](C)(C)C)[Si]C#C[Si](C)(C)C)[Si]CC[Si]C(C=C([Si]C#C[Si](C)(C)C)[Si]C#C[Si](C)(C)C)(C=C([Si]C#C[Si](C)(C)C)[Si]C#C[Si](C)(C)C)C=C([Si]C#C[Si](C)(C)C)[Si]C#C[Si](C)(C)C)[Si]C#C[Si](C)(C)C. The van der Waals surface area contributed by atoms with Crippen molar-refractivity contribution < 1.29 is 0 Å². The van der Waals surface area contributed by atoms with Gasteiger partial charge < -0.3 is 0 Å². The monoisotopic (exact) mass is 1760 g/mol. The van der Waals surface area contributed by atoms with Gasteiger partial charge in [-0.1, -0.05) is 313 Å². The first-order valence-corrected chi connectivity index (χ1v) is 91.6. The molecule has 0 saturated heterocycles. The van der Waals surface area contributed by atoms with Crippen LogP contribution >= 0.6 is 0 Å². The zero-order chi connectivity index (χ0) is 79.0. The van der Waals surface area contributed by atoms with E-state index in [4.69, 9.17) is 0 Å². The molecular formula is C76H118Si26. The number of hydrogen-bond donors (Lipinski definition) is 0. The topological polar surface area (TPSA) is 0 Å². The average Bonchev–Trinajstić information content (AvgIpc) is 0.818. The summed E-state index contributed by atoms with van der Waals surface area (Å²) in [5, 5.41) is -1.02. The highest BCUT2D eigenvalue weighted by molar-refractivity contribution is 6.93. The molecule has 0 heterocycles. The predicted octanol–water partition coefficient (Wildman–Crippen LogP) is 15.1. The van der Waals surface area contributed by atoms with Crippen LogP contribution in [0.3, 0.4) is 0 Å². The van der Waals surface area contributed by atoms with Crippen molar-refractivity contribution in [2.45, 2.75) is 258 Å². The standard InChI is InChI=1S/C76H118Si26/c1-91(2,3)51-39-77-69(78-40-52-92(4,5)6)63-75(64-70(79-41-53-93(7,8)9)80-42-54-94(10,11)12,65-71(81-43-55-95(13,14)15)82-44-56-96(16,17)18)89-37-38-90-76(66-72(83-45-57-97(19,20)21)84-46-58-98(22,23)24,67-73(85-47-59-99(25,26)27)86-48-60-100(28,29)30)68-74(87-49-61-101(31,32)33)88-50-62-102(34,35)36/h63-68H,37-38H2,1-36H3. The van der Waals surface area contributed by atoms with Gasteiger partial charge in [-0.3, -0.25) is 0 Å². The van der Waals surface area contributed by atoms with Crippen molar-refractivity contribution in [2.75, 3.05) is 0 Å². The molecule has 0 atom stereocenters. The lowest BCUT2D eigenvalue weighted by Gasteiger charge is -2.30. The summed E-state index contributed by atoms with van der Waals surface area (Å²) in [6, 6.07) is 1.98. The van der Waals surface area contributed by atoms with Gasteiger partial charge in [-0.25, -0.2) is 0 Å². The van der Waals surface area contributed by atoms with Gasteiger partial charge in [-0.05, 0) is 0 Å². The second-order valence-corrected chi connectivity index (χ2v) is 113. The van der Waals surface area contributed by atoms with E-state index >= 15 is 0 Å². The molecule has 0 aliphatic heterocycles. The molecule has 0 aromatic rings. The normalized spacial score (nSPS) is 12.0. The second-order valence-electron chi connectivity index (χ2n) is 37.6. The van der Waals surface area contributed by atoms with Gasteiger partial charge >= 0.3 is 0 Å². The van der Waals surface area contributed by atoms with Gasteiger partial charge in [0, 0.05) is 10.1 Å². The van der Waals surface area contributed by atoms with Gasteiger partial charge in [-0.15, -0.1) is 133 Å². The molecule has 0 N–H and O–H groups in total. The maximum atomic E-state index is 3.84. The Morgan fingerprint density at radius 3 is 0.343 bits per heavy atom. The fraction of sp³-hybridized carbons (Fsp3) is 0.526. The molecule has 102 heavy (non-hydrogen) atoms. The lowest BCUT2D eigenvalue weighted by molar-refractivity contribution is 1.04. The molecule has 0 aliphatic carbocycles. The highest BCUT2D eigenvalue weighted by atomic mass is 28.4. The Morgan fingerprint density at radius 1 is 0.176 bits per heavy atom. The van der Waals surface area contributed by atoms with Crippen molar-refractivity contribution >= 4 is 230 Å². The van der Waals surface area contributed by atoms with Crippen LogP contribution < -0.4 is 0 Å². The minimum atomic E-state index is -1.71. The van der Waals surface area contributed by atoms with Crippen LogP contribution in [0.5, 0.6) is 0 Å². The van der Waals surface area contributed by atoms with Gasteiger partial charge in [0.05, 0.1) is 19.0 Å². The lowest BCUT2D eigenvalue weighted by atomic mass is 10.1. The zero-order valence-corrected chi connectivity index (χ0v) is 95.9. The van der Waals surface area contributed by atoms with Crippen molar-refractivity contribution in [2.24, 2.45) is 0 Å². The molecule has 0 nitrogen and oxygen atoms in total. The first-order chi connectivity index (χ1) is 45.9. The molecule has 0 unspecified atom stereocenters. The van der Waals surface area contributed by atoms with Crippen LogP contribution in [0.1, 0.15) is 0 Å². The summed E-state index contributed by atoms with van der Waals surface area (Å²) in [5.74, 6) is 0. The summed E-state index contributed by atoms with van der Waals surface area (Å²) in [5.41, 5.74) is 92.0. The molecule has 26 heteroatoms. The highest BCUT2D eigenvalue weighted by Crippen LogP contribution is 2.40. The van der Waals surface area contributed by atoms with E-state index in [1.54, 1.807) is 0 Å². The zero-order valence-electron chi connectivity index (χ0n) is 69.9. The maximum absolute atomic E-state index is 3.84. The maximum Gasteiger partial charge on any atom is 0.177 e. The fourth-order valence-electron chi connectivity index (χ4n) is 6.60. The first-order valence-electron chi connectivity index (χ1n) is 35.2. The van der Waals surface area contributed by atoms with Crippen LogP contribution in [0, 0.1) is 133 Å². The Balaban J connectivity index is 11.1. The second kappa shape index (κ2) is 45.2. The van der Waals surface area contributed by atoms with Crippen LogP contribution in [0.25, 0.3) is 0 Å². The summed E-state index contributed by atoms with van der Waals surface area (Å²) in [6.07, 6.45) is 16.2. The van der Waals surface area contributed by atoms with Gasteiger partial charge in [0.25, 0.3) is 0 Å². The van der Waals surface area contributed by atoms with Gasteiger partial charge in [0.15, 0.2) is 114 Å². The van der Waals surface area contributed by atoms with Crippen LogP contribution in [-0.4, -0.2) is 230 Å². The van der Waals surface area contributed by atoms with Crippen molar-refractivity contribution in [1.29, 1.82) is 0 Å². The van der Waals surface area contributed by atoms with Crippen LogP contribution in [0.15, 0.2) is 65.4 Å². The summed E-state index contributed by atoms with van der Waals surface area (Å²) in [7, 11) is -15.4. The highest BCUT2D eigenvalue weighted by Gasteiger charge is 2.31. The third-order valence-electron chi connectivity index (χ3n) is 10.9. The molecule has 0 spiro atoms. The van der Waals surface area contributed by atoms with Gasteiger partial charge in [0.1, 0.15) is 96.9 Å². The molecule has 0 aromatic carbocycles. The molecular weight excluding hydrogens is 1640 g/mol. The molecule has 0 amide bonds. The van der Waals surface area contributed by atoms with Gasteiger partial charge in [0.2, 0.25) is 0 Å². The molecule has 28 radical (unpaired) electrons. The molecule has 526 valence electrons. The summed E-state index contributed by atoms with van der Waals surface area (Å²) in [6.45, 7) is 85.3. The smallest absolute Gasteiger partial charge is 0.139 e. The summed E-state index contributed by atoms with van der Waals surface area (Å²) >= 11 is 0. The quantitative estimate of drug-likeness (QED) is 0.0543. The number of allylic oxidation sites excluding steroid dienone is 6. The van der Waals surface area contributed by atoms with Crippen LogP contribution in [-0.2, 0) is 0 Å². The van der Waals surface area contributed by atoms with E-state index in [0.29, 0.717) is 133 Å². The minimum absolute atomic E-state index is 0.349. The first kappa shape index (κ1) is 101. The average molecular weight is 1760 g/mol. The van der Waals surface area contributed by atoms with E-state index in [9.17, 15) is 0 Å². The molecule has 0 bridgehead atoms. The Bertz CT molecular complexity index is 2990. The van der Waals surface area contributed by atoms with E-state index in [2.05, 4.69) is 405 Å². The fourth-order valence-corrected chi connectivity index (χ4v) is 41.8. The third-order valence-corrected chi connectivity index (χ3v) is 40.5. The van der Waals surface area contributed by atoms with Crippen molar-refractivity contribution in [3.63, 3.8) is 0 Å². The Kier molecular flexibility index (Phi) is 44.7. The minimum Gasteiger partial charge on any atom is -0.139 e. The largest absolute Gasteiger partial charge is 0.177 e. The summed E-state index contributed by atoms with van der Waals surface area (Å²) < 4.78 is 0. The molecule has 0 rings (SSSR count). The summed E-state index contributed by atoms with van der Waals surface area (Å²) in [4.78, 5) is 8.16. The number of hydrogen-bond acceptors (Lipinski definition) is 0. The van der Waals surface area contributed by atoms with Crippen LogP contribution in [0.4, 0.5) is 0 Å². The van der Waals surface area contributed by atoms with Crippen molar-refractivity contribution in [1.82, 2.24) is 0 Å². The van der Waals surface area contributed by atoms with E-state index in [0.717, 1.165) is 12.1 Å².